The van der Waals surface area contributed by atoms with Gasteiger partial charge in [-0.1, -0.05) is 13.0 Å². The van der Waals surface area contributed by atoms with Crippen molar-refractivity contribution in [2.24, 2.45) is 4.99 Å². The van der Waals surface area contributed by atoms with Crippen molar-refractivity contribution in [1.82, 2.24) is 25.1 Å². The molecule has 32 heavy (non-hydrogen) atoms. The van der Waals surface area contributed by atoms with Gasteiger partial charge in [0.25, 0.3) is 0 Å². The van der Waals surface area contributed by atoms with Gasteiger partial charge in [0.05, 0.1) is 5.69 Å². The number of piperazine rings is 2. The number of benzene rings is 1. The Morgan fingerprint density at radius 3 is 2.31 bits per heavy atom. The second kappa shape index (κ2) is 10.6. The fourth-order valence-electron chi connectivity index (χ4n) is 4.31. The van der Waals surface area contributed by atoms with Crippen LogP contribution in [-0.4, -0.2) is 91.7 Å². The zero-order chi connectivity index (χ0) is 22.3. The number of likely N-dealkylation sites (N-methyl/N-ethyl adjacent to an activating group) is 1. The van der Waals surface area contributed by atoms with Crippen molar-refractivity contribution in [1.29, 1.82) is 0 Å². The molecular formula is C23H33FN8. The normalized spacial score (nSPS) is 18.2. The lowest BCUT2D eigenvalue weighted by atomic mass is 10.1. The van der Waals surface area contributed by atoms with Gasteiger partial charge in [-0.3, -0.25) is 4.99 Å². The molecule has 0 amide bonds. The van der Waals surface area contributed by atoms with Crippen LogP contribution in [0.3, 0.4) is 0 Å². The molecule has 1 aromatic carbocycles. The third-order valence-corrected chi connectivity index (χ3v) is 6.25. The number of anilines is 2. The van der Waals surface area contributed by atoms with Crippen LogP contribution in [0.15, 0.2) is 41.7 Å². The summed E-state index contributed by atoms with van der Waals surface area (Å²) in [4.78, 5) is 22.0. The highest BCUT2D eigenvalue weighted by atomic mass is 19.1. The number of hydrogen-bond donors (Lipinski definition) is 1. The van der Waals surface area contributed by atoms with E-state index in [4.69, 9.17) is 0 Å². The van der Waals surface area contributed by atoms with Crippen LogP contribution in [0.4, 0.5) is 16.0 Å². The Morgan fingerprint density at radius 2 is 1.69 bits per heavy atom. The third-order valence-electron chi connectivity index (χ3n) is 6.25. The second-order valence-corrected chi connectivity index (χ2v) is 8.13. The number of rotatable bonds is 5. The van der Waals surface area contributed by atoms with Gasteiger partial charge in [0, 0.05) is 78.3 Å². The number of guanidine groups is 1. The highest BCUT2D eigenvalue weighted by Gasteiger charge is 2.22. The zero-order valence-corrected chi connectivity index (χ0v) is 19.0. The number of hydrogen-bond acceptors (Lipinski definition) is 6. The molecule has 2 aromatic rings. The predicted molar refractivity (Wildman–Crippen MR) is 127 cm³/mol. The number of aromatic nitrogens is 2. The third kappa shape index (κ3) is 5.27. The van der Waals surface area contributed by atoms with E-state index >= 15 is 0 Å². The summed E-state index contributed by atoms with van der Waals surface area (Å²) in [6.45, 7) is 10.8. The van der Waals surface area contributed by atoms with E-state index in [0.29, 0.717) is 12.2 Å². The maximum Gasteiger partial charge on any atom is 0.225 e. The van der Waals surface area contributed by atoms with Crippen LogP contribution >= 0.6 is 0 Å². The Hall–Kier alpha value is -2.94. The average Bonchev–Trinajstić information content (AvgIpc) is 2.85. The van der Waals surface area contributed by atoms with Crippen LogP contribution in [0.25, 0.3) is 0 Å². The van der Waals surface area contributed by atoms with E-state index in [1.165, 1.54) is 0 Å². The van der Waals surface area contributed by atoms with E-state index in [-0.39, 0.29) is 5.82 Å². The molecular weight excluding hydrogens is 407 g/mol. The first-order valence-electron chi connectivity index (χ1n) is 11.4. The van der Waals surface area contributed by atoms with Gasteiger partial charge < -0.3 is 24.9 Å². The van der Waals surface area contributed by atoms with E-state index in [0.717, 1.165) is 76.4 Å². The molecule has 2 aliphatic heterocycles. The topological polar surface area (TPSA) is 63.1 Å². The van der Waals surface area contributed by atoms with Crippen molar-refractivity contribution in [3.05, 3.63) is 48.0 Å². The van der Waals surface area contributed by atoms with E-state index in [1.807, 2.05) is 18.2 Å². The summed E-state index contributed by atoms with van der Waals surface area (Å²) < 4.78 is 14.8. The van der Waals surface area contributed by atoms with Crippen molar-refractivity contribution in [3.8, 4) is 0 Å². The molecule has 0 saturated carbocycles. The van der Waals surface area contributed by atoms with Gasteiger partial charge >= 0.3 is 0 Å². The fourth-order valence-corrected chi connectivity index (χ4v) is 4.31. The van der Waals surface area contributed by atoms with Crippen LogP contribution in [-0.2, 0) is 6.54 Å². The Labute approximate surface area is 189 Å². The van der Waals surface area contributed by atoms with Crippen molar-refractivity contribution in [2.75, 3.05) is 75.8 Å². The molecule has 0 aliphatic carbocycles. The van der Waals surface area contributed by atoms with Gasteiger partial charge in [-0.25, -0.2) is 14.4 Å². The molecule has 0 bridgehead atoms. The standard InChI is InChI=1S/C23H33FN8/c1-3-29-9-11-30(12-10-29)21-6-5-19(17-20(21)24)18-28-22(25-2)31-13-15-32(16-14-31)23-26-7-4-8-27-23/h4-8,17H,3,9-16,18H2,1-2H3,(H,25,28). The van der Waals surface area contributed by atoms with Crippen LogP contribution in [0.1, 0.15) is 12.5 Å². The zero-order valence-electron chi connectivity index (χ0n) is 19.0. The van der Waals surface area contributed by atoms with Gasteiger partial charge in [-0.15, -0.1) is 0 Å². The monoisotopic (exact) mass is 440 g/mol. The molecule has 8 nitrogen and oxygen atoms in total. The minimum atomic E-state index is -0.152. The summed E-state index contributed by atoms with van der Waals surface area (Å²) in [5, 5.41) is 3.39. The first-order valence-corrected chi connectivity index (χ1v) is 11.4. The van der Waals surface area contributed by atoms with Crippen LogP contribution in [0.2, 0.25) is 0 Å². The molecule has 0 spiro atoms. The largest absolute Gasteiger partial charge is 0.367 e. The second-order valence-electron chi connectivity index (χ2n) is 8.13. The van der Waals surface area contributed by atoms with E-state index in [1.54, 1.807) is 25.5 Å². The molecule has 3 heterocycles. The lowest BCUT2D eigenvalue weighted by Gasteiger charge is -2.36. The van der Waals surface area contributed by atoms with Crippen LogP contribution < -0.4 is 15.1 Å². The highest BCUT2D eigenvalue weighted by Crippen LogP contribution is 2.22. The molecule has 1 aromatic heterocycles. The molecule has 0 atom stereocenters. The molecule has 4 rings (SSSR count). The SMILES string of the molecule is CCN1CCN(c2ccc(CNC(=NC)N3CCN(c4ncccn4)CC3)cc2F)CC1. The quantitative estimate of drug-likeness (QED) is 0.560. The summed E-state index contributed by atoms with van der Waals surface area (Å²) in [5.41, 5.74) is 1.61. The first-order chi connectivity index (χ1) is 15.7. The Morgan fingerprint density at radius 1 is 1.00 bits per heavy atom. The molecule has 2 aliphatic rings. The van der Waals surface area contributed by atoms with Gasteiger partial charge in [-0.2, -0.15) is 0 Å². The summed E-state index contributed by atoms with van der Waals surface area (Å²) in [7, 11) is 1.79. The Bertz CT molecular complexity index is 890. The van der Waals surface area contributed by atoms with E-state index in [9.17, 15) is 4.39 Å². The minimum absolute atomic E-state index is 0.152. The smallest absolute Gasteiger partial charge is 0.225 e. The van der Waals surface area contributed by atoms with Crippen molar-refractivity contribution >= 4 is 17.6 Å². The molecule has 2 fully saturated rings. The maximum absolute atomic E-state index is 14.8. The summed E-state index contributed by atoms with van der Waals surface area (Å²) in [6, 6.07) is 7.39. The molecule has 0 radical (unpaired) electrons. The Balaban J connectivity index is 1.29. The maximum atomic E-state index is 14.8. The summed E-state index contributed by atoms with van der Waals surface area (Å²) in [5.74, 6) is 1.45. The number of nitrogens with one attached hydrogen (secondary N) is 1. The van der Waals surface area contributed by atoms with Crippen molar-refractivity contribution in [3.63, 3.8) is 0 Å². The fraction of sp³-hybridized carbons (Fsp3) is 0.522. The van der Waals surface area contributed by atoms with E-state index < -0.39 is 0 Å². The van der Waals surface area contributed by atoms with Gasteiger partial charge in [0.2, 0.25) is 5.95 Å². The molecule has 172 valence electrons. The van der Waals surface area contributed by atoms with Gasteiger partial charge in [0.1, 0.15) is 5.82 Å². The van der Waals surface area contributed by atoms with Crippen molar-refractivity contribution < 1.29 is 4.39 Å². The number of aliphatic imine (C=N–C) groups is 1. The first kappa shape index (κ1) is 22.3. The van der Waals surface area contributed by atoms with Crippen LogP contribution in [0, 0.1) is 5.82 Å². The van der Waals surface area contributed by atoms with Gasteiger partial charge in [0.15, 0.2) is 5.96 Å². The lowest BCUT2D eigenvalue weighted by molar-refractivity contribution is 0.270. The molecule has 2 saturated heterocycles. The lowest BCUT2D eigenvalue weighted by Crippen LogP contribution is -2.52. The Kier molecular flexibility index (Phi) is 7.36. The van der Waals surface area contributed by atoms with Crippen molar-refractivity contribution in [2.45, 2.75) is 13.5 Å². The average molecular weight is 441 g/mol. The van der Waals surface area contributed by atoms with Gasteiger partial charge in [-0.05, 0) is 30.3 Å². The predicted octanol–water partition coefficient (Wildman–Crippen LogP) is 1.66. The van der Waals surface area contributed by atoms with Crippen LogP contribution in [0.5, 0.6) is 0 Å². The molecule has 1 N–H and O–H groups in total. The molecule has 0 unspecified atom stereocenters. The summed E-state index contributed by atoms with van der Waals surface area (Å²) >= 11 is 0. The number of nitrogens with zero attached hydrogens (tertiary/aromatic N) is 7. The number of halogens is 1. The van der Waals surface area contributed by atoms with E-state index in [2.05, 4.69) is 46.8 Å². The minimum Gasteiger partial charge on any atom is -0.367 e. The molecule has 9 heteroatoms. The highest BCUT2D eigenvalue weighted by molar-refractivity contribution is 5.80. The summed E-state index contributed by atoms with van der Waals surface area (Å²) in [6.07, 6.45) is 3.54.